The Morgan fingerprint density at radius 1 is 1.26 bits per heavy atom. The maximum Gasteiger partial charge on any atom is 0.0252 e. The van der Waals surface area contributed by atoms with Gasteiger partial charge in [-0.15, -0.1) is 0 Å². The Hall–Kier alpha value is -1.37. The molecule has 0 aliphatic carbocycles. The second-order valence-corrected chi connectivity index (χ2v) is 5.54. The molecule has 1 aromatic carbocycles. The quantitative estimate of drug-likeness (QED) is 0.596. The van der Waals surface area contributed by atoms with Crippen LogP contribution in [-0.2, 0) is 0 Å². The summed E-state index contributed by atoms with van der Waals surface area (Å²) in [6.07, 6.45) is 6.17. The number of aryl methyl sites for hydroxylation is 1. The minimum Gasteiger partial charge on any atom is -0.269 e. The molecule has 19 heavy (non-hydrogen) atoms. The largest absolute Gasteiger partial charge is 0.269 e. The molecule has 0 aliphatic heterocycles. The molecule has 0 saturated heterocycles. The molecule has 1 nitrogen and oxygen atoms in total. The number of aliphatic imine (C=N–C) groups is 1. The van der Waals surface area contributed by atoms with E-state index in [1.165, 1.54) is 23.1 Å². The lowest BCUT2D eigenvalue weighted by molar-refractivity contribution is 0.451. The number of hydrogen-bond acceptors (Lipinski definition) is 1. The summed E-state index contributed by atoms with van der Waals surface area (Å²) in [5.74, 6) is 1.30. The van der Waals surface area contributed by atoms with E-state index >= 15 is 0 Å². The van der Waals surface area contributed by atoms with E-state index in [9.17, 15) is 0 Å². The zero-order valence-electron chi connectivity index (χ0n) is 13.0. The molecule has 0 radical (unpaired) electrons. The van der Waals surface area contributed by atoms with Crippen molar-refractivity contribution in [2.45, 2.75) is 53.4 Å². The summed E-state index contributed by atoms with van der Waals surface area (Å²) < 4.78 is 0. The smallest absolute Gasteiger partial charge is 0.0252 e. The molecule has 0 saturated carbocycles. The van der Waals surface area contributed by atoms with Gasteiger partial charge < -0.3 is 0 Å². The average molecular weight is 257 g/mol. The summed E-state index contributed by atoms with van der Waals surface area (Å²) >= 11 is 0. The number of allylic oxidation sites excluding steroid dienone is 1. The first-order valence-electron chi connectivity index (χ1n) is 7.25. The van der Waals surface area contributed by atoms with E-state index in [2.05, 4.69) is 57.0 Å². The third-order valence-electron chi connectivity index (χ3n) is 3.97. The standard InChI is InChI=1S/C18H27N/c1-6-19-13-14(2)11-12-15(3)17(5)18-10-8-7-9-16(18)4/h6-10,13,15,17H,11-12H2,1-5H3/b14-13+,19-6?. The summed E-state index contributed by atoms with van der Waals surface area (Å²) in [7, 11) is 0. The molecule has 0 amide bonds. The van der Waals surface area contributed by atoms with Gasteiger partial charge in [0.2, 0.25) is 0 Å². The number of nitrogens with zero attached hydrogens (tertiary/aromatic N) is 1. The summed E-state index contributed by atoms with van der Waals surface area (Å²) in [5, 5.41) is 0. The van der Waals surface area contributed by atoms with Crippen molar-refractivity contribution >= 4 is 6.21 Å². The number of benzene rings is 1. The van der Waals surface area contributed by atoms with Gasteiger partial charge in [0.1, 0.15) is 0 Å². The third-order valence-corrected chi connectivity index (χ3v) is 3.97. The summed E-state index contributed by atoms with van der Waals surface area (Å²) in [4.78, 5) is 4.18. The second-order valence-electron chi connectivity index (χ2n) is 5.54. The van der Waals surface area contributed by atoms with E-state index in [0.717, 1.165) is 6.42 Å². The highest BCUT2D eigenvalue weighted by Gasteiger charge is 2.15. The minimum absolute atomic E-state index is 0.615. The van der Waals surface area contributed by atoms with Crippen LogP contribution in [0, 0.1) is 12.8 Å². The van der Waals surface area contributed by atoms with Crippen molar-refractivity contribution < 1.29 is 0 Å². The highest BCUT2D eigenvalue weighted by Crippen LogP contribution is 2.30. The molecule has 1 aromatic rings. The molecule has 0 aromatic heterocycles. The maximum absolute atomic E-state index is 4.18. The van der Waals surface area contributed by atoms with Crippen LogP contribution in [0.15, 0.2) is 41.0 Å². The summed E-state index contributed by atoms with van der Waals surface area (Å²) in [6.45, 7) is 11.0. The van der Waals surface area contributed by atoms with Gasteiger partial charge in [-0.1, -0.05) is 43.7 Å². The topological polar surface area (TPSA) is 12.4 Å². The molecule has 0 aliphatic rings. The molecule has 0 N–H and O–H groups in total. The molecular formula is C18H27N. The number of hydrogen-bond donors (Lipinski definition) is 0. The Balaban J connectivity index is 2.59. The van der Waals surface area contributed by atoms with Gasteiger partial charge in [-0.2, -0.15) is 0 Å². The van der Waals surface area contributed by atoms with Gasteiger partial charge in [0.15, 0.2) is 0 Å². The van der Waals surface area contributed by atoms with Crippen LogP contribution in [-0.4, -0.2) is 6.21 Å². The molecule has 1 rings (SSSR count). The fraction of sp³-hybridized carbons (Fsp3) is 0.500. The fourth-order valence-corrected chi connectivity index (χ4v) is 2.38. The zero-order valence-corrected chi connectivity index (χ0v) is 13.0. The molecule has 0 spiro atoms. The molecule has 2 atom stereocenters. The molecule has 0 fully saturated rings. The van der Waals surface area contributed by atoms with Crippen molar-refractivity contribution in [2.24, 2.45) is 10.9 Å². The maximum atomic E-state index is 4.18. The van der Waals surface area contributed by atoms with Crippen molar-refractivity contribution in [1.29, 1.82) is 0 Å². The minimum atomic E-state index is 0.615. The van der Waals surface area contributed by atoms with Crippen LogP contribution < -0.4 is 0 Å². The van der Waals surface area contributed by atoms with E-state index in [1.54, 1.807) is 0 Å². The highest BCUT2D eigenvalue weighted by molar-refractivity contribution is 5.54. The van der Waals surface area contributed by atoms with Crippen molar-refractivity contribution in [3.63, 3.8) is 0 Å². The van der Waals surface area contributed by atoms with Gasteiger partial charge in [-0.25, -0.2) is 0 Å². The van der Waals surface area contributed by atoms with E-state index < -0.39 is 0 Å². The normalized spacial score (nSPS) is 15.7. The van der Waals surface area contributed by atoms with Crippen LogP contribution >= 0.6 is 0 Å². The Morgan fingerprint density at radius 3 is 2.58 bits per heavy atom. The van der Waals surface area contributed by atoms with Gasteiger partial charge in [-0.05, 0) is 56.6 Å². The number of rotatable bonds is 6. The highest BCUT2D eigenvalue weighted by atomic mass is 14.7. The van der Waals surface area contributed by atoms with Crippen LogP contribution in [0.2, 0.25) is 0 Å². The first-order chi connectivity index (χ1) is 9.06. The molecule has 1 heteroatoms. The Bertz CT molecular complexity index is 443. The van der Waals surface area contributed by atoms with Crippen molar-refractivity contribution in [3.8, 4) is 0 Å². The molecule has 2 unspecified atom stereocenters. The van der Waals surface area contributed by atoms with Gasteiger partial charge >= 0.3 is 0 Å². The van der Waals surface area contributed by atoms with Crippen molar-refractivity contribution in [3.05, 3.63) is 47.2 Å². The van der Waals surface area contributed by atoms with E-state index in [1.807, 2.05) is 19.3 Å². The lowest BCUT2D eigenvalue weighted by Gasteiger charge is -2.22. The first-order valence-corrected chi connectivity index (χ1v) is 7.25. The zero-order chi connectivity index (χ0) is 14.3. The average Bonchev–Trinajstić information content (AvgIpc) is 2.42. The predicted octanol–water partition coefficient (Wildman–Crippen LogP) is 5.51. The van der Waals surface area contributed by atoms with E-state index in [-0.39, 0.29) is 0 Å². The van der Waals surface area contributed by atoms with Gasteiger partial charge in [0.25, 0.3) is 0 Å². The molecule has 0 heterocycles. The first kappa shape index (κ1) is 15.7. The van der Waals surface area contributed by atoms with Gasteiger partial charge in [-0.3, -0.25) is 4.99 Å². The van der Waals surface area contributed by atoms with Crippen LogP contribution in [0.1, 0.15) is 57.6 Å². The second kappa shape index (κ2) is 7.93. The molecule has 0 bridgehead atoms. The Morgan fingerprint density at radius 2 is 1.95 bits per heavy atom. The van der Waals surface area contributed by atoms with E-state index in [0.29, 0.717) is 11.8 Å². The van der Waals surface area contributed by atoms with E-state index in [4.69, 9.17) is 0 Å². The lowest BCUT2D eigenvalue weighted by Crippen LogP contribution is -2.08. The van der Waals surface area contributed by atoms with Crippen LogP contribution in [0.5, 0.6) is 0 Å². The molecular weight excluding hydrogens is 230 g/mol. The fourth-order valence-electron chi connectivity index (χ4n) is 2.38. The van der Waals surface area contributed by atoms with Crippen molar-refractivity contribution in [1.82, 2.24) is 0 Å². The lowest BCUT2D eigenvalue weighted by atomic mass is 9.83. The van der Waals surface area contributed by atoms with Crippen LogP contribution in [0.25, 0.3) is 0 Å². The summed E-state index contributed by atoms with van der Waals surface area (Å²) in [5.41, 5.74) is 4.26. The SMILES string of the molecule is CC=N/C=C(\C)CCC(C)C(C)c1ccccc1C. The van der Waals surface area contributed by atoms with Crippen LogP contribution in [0.4, 0.5) is 0 Å². The Labute approximate surface area is 118 Å². The third kappa shape index (κ3) is 5.02. The molecule has 104 valence electrons. The van der Waals surface area contributed by atoms with Gasteiger partial charge in [0, 0.05) is 12.4 Å². The van der Waals surface area contributed by atoms with Crippen molar-refractivity contribution in [2.75, 3.05) is 0 Å². The van der Waals surface area contributed by atoms with Crippen LogP contribution in [0.3, 0.4) is 0 Å². The Kier molecular flexibility index (Phi) is 6.55. The summed E-state index contributed by atoms with van der Waals surface area (Å²) in [6, 6.07) is 8.73. The van der Waals surface area contributed by atoms with Gasteiger partial charge in [0.05, 0.1) is 0 Å². The predicted molar refractivity (Wildman–Crippen MR) is 85.9 cm³/mol. The monoisotopic (exact) mass is 257 g/mol.